The van der Waals surface area contributed by atoms with Crippen molar-refractivity contribution < 1.29 is 4.39 Å². The normalized spacial score (nSPS) is 10.6. The minimum absolute atomic E-state index is 0.160. The number of aromatic nitrogens is 1. The molecule has 1 aromatic carbocycles. The smallest absolute Gasteiger partial charge is 0.250 e. The summed E-state index contributed by atoms with van der Waals surface area (Å²) in [4.78, 5) is 12.9. The molecular weight excluding hydrogens is 287 g/mol. The van der Waals surface area contributed by atoms with Gasteiger partial charge in [0.05, 0.1) is 15.1 Å². The van der Waals surface area contributed by atoms with Crippen LogP contribution in [0.4, 0.5) is 4.39 Å². The van der Waals surface area contributed by atoms with Gasteiger partial charge in [-0.25, -0.2) is 0 Å². The van der Waals surface area contributed by atoms with Crippen LogP contribution in [0, 0.1) is 5.95 Å². The number of benzene rings is 1. The van der Waals surface area contributed by atoms with Crippen LogP contribution in [-0.2, 0) is 0 Å². The molecule has 6 heteroatoms. The van der Waals surface area contributed by atoms with E-state index in [4.69, 9.17) is 34.8 Å². The lowest BCUT2D eigenvalue weighted by Crippen LogP contribution is -2.06. The highest BCUT2D eigenvalue weighted by Crippen LogP contribution is 2.35. The zero-order valence-corrected chi connectivity index (χ0v) is 10.5. The van der Waals surface area contributed by atoms with Crippen LogP contribution in [-0.4, -0.2) is 4.98 Å². The van der Waals surface area contributed by atoms with E-state index in [1.807, 2.05) is 4.98 Å². The maximum atomic E-state index is 13.6. The van der Waals surface area contributed by atoms with Gasteiger partial charge in [0.15, 0.2) is 0 Å². The van der Waals surface area contributed by atoms with Crippen LogP contribution in [0.1, 0.15) is 0 Å². The van der Waals surface area contributed by atoms with Crippen molar-refractivity contribution in [2.45, 2.75) is 0 Å². The van der Waals surface area contributed by atoms with E-state index in [2.05, 4.69) is 0 Å². The lowest BCUT2D eigenvalue weighted by atomic mass is 10.1. The van der Waals surface area contributed by atoms with E-state index >= 15 is 0 Å². The van der Waals surface area contributed by atoms with Crippen molar-refractivity contribution in [3.8, 4) is 11.1 Å². The summed E-state index contributed by atoms with van der Waals surface area (Å²) < 4.78 is 13.6. The SMILES string of the molecule is O=c1ccc(-c2cc(Cl)c(Cl)cc2Cl)c(F)[nH]1. The monoisotopic (exact) mass is 291 g/mol. The van der Waals surface area contributed by atoms with Crippen molar-refractivity contribution in [3.63, 3.8) is 0 Å². The topological polar surface area (TPSA) is 32.9 Å². The predicted octanol–water partition coefficient (Wildman–Crippen LogP) is 4.14. The van der Waals surface area contributed by atoms with Crippen LogP contribution in [0.2, 0.25) is 15.1 Å². The summed E-state index contributed by atoms with van der Waals surface area (Å²) in [5, 5.41) is 0.798. The first-order valence-electron chi connectivity index (χ1n) is 4.53. The van der Waals surface area contributed by atoms with Crippen LogP contribution < -0.4 is 5.56 Å². The Labute approximate surface area is 111 Å². The summed E-state index contributed by atoms with van der Waals surface area (Å²) in [6, 6.07) is 5.41. The van der Waals surface area contributed by atoms with Gasteiger partial charge in [0.25, 0.3) is 0 Å². The van der Waals surface area contributed by atoms with E-state index in [9.17, 15) is 9.18 Å². The van der Waals surface area contributed by atoms with Crippen molar-refractivity contribution in [2.75, 3.05) is 0 Å². The van der Waals surface area contributed by atoms with Gasteiger partial charge in [-0.2, -0.15) is 4.39 Å². The van der Waals surface area contributed by atoms with Gasteiger partial charge in [0.1, 0.15) is 0 Å². The molecular formula is C11H5Cl3FNO. The summed E-state index contributed by atoms with van der Waals surface area (Å²) in [7, 11) is 0. The molecule has 0 unspecified atom stereocenters. The molecule has 2 nitrogen and oxygen atoms in total. The zero-order valence-electron chi connectivity index (χ0n) is 8.23. The number of pyridine rings is 1. The molecule has 17 heavy (non-hydrogen) atoms. The van der Waals surface area contributed by atoms with Crippen molar-refractivity contribution in [1.82, 2.24) is 4.98 Å². The zero-order chi connectivity index (χ0) is 12.6. The average molecular weight is 293 g/mol. The molecule has 0 spiro atoms. The van der Waals surface area contributed by atoms with Crippen LogP contribution in [0.5, 0.6) is 0 Å². The maximum absolute atomic E-state index is 13.6. The lowest BCUT2D eigenvalue weighted by molar-refractivity contribution is 0.583. The van der Waals surface area contributed by atoms with Gasteiger partial charge in [0.2, 0.25) is 11.5 Å². The summed E-state index contributed by atoms with van der Waals surface area (Å²) in [6.07, 6.45) is 0. The Kier molecular flexibility index (Phi) is 3.43. The Morgan fingerprint density at radius 2 is 1.59 bits per heavy atom. The minimum atomic E-state index is -0.766. The highest BCUT2D eigenvalue weighted by atomic mass is 35.5. The third-order valence-electron chi connectivity index (χ3n) is 2.17. The molecule has 0 aliphatic heterocycles. The number of H-pyrrole nitrogens is 1. The molecule has 2 rings (SSSR count). The van der Waals surface area contributed by atoms with Gasteiger partial charge in [-0.05, 0) is 18.2 Å². The summed E-state index contributed by atoms with van der Waals surface area (Å²) in [6.45, 7) is 0. The number of hydrogen-bond donors (Lipinski definition) is 1. The fourth-order valence-electron chi connectivity index (χ4n) is 1.39. The van der Waals surface area contributed by atoms with E-state index in [-0.39, 0.29) is 20.6 Å². The largest absolute Gasteiger partial charge is 0.298 e. The fourth-order valence-corrected chi connectivity index (χ4v) is 2.03. The van der Waals surface area contributed by atoms with Crippen LogP contribution in [0.15, 0.2) is 29.1 Å². The number of halogens is 4. The molecule has 0 bridgehead atoms. The van der Waals surface area contributed by atoms with Gasteiger partial charge in [0, 0.05) is 17.2 Å². The van der Waals surface area contributed by atoms with Gasteiger partial charge in [-0.15, -0.1) is 0 Å². The number of hydrogen-bond acceptors (Lipinski definition) is 1. The van der Waals surface area contributed by atoms with Crippen molar-refractivity contribution >= 4 is 34.8 Å². The molecule has 1 N–H and O–H groups in total. The second-order valence-electron chi connectivity index (χ2n) is 3.30. The predicted molar refractivity (Wildman–Crippen MR) is 67.5 cm³/mol. The van der Waals surface area contributed by atoms with Crippen molar-refractivity contribution in [3.05, 3.63) is 55.6 Å². The Bertz CT molecular complexity index is 639. The van der Waals surface area contributed by atoms with Gasteiger partial charge in [-0.3, -0.25) is 9.78 Å². The quantitative estimate of drug-likeness (QED) is 0.622. The summed E-state index contributed by atoms with van der Waals surface area (Å²) in [5.74, 6) is -0.766. The Hall–Kier alpha value is -1.03. The van der Waals surface area contributed by atoms with E-state index < -0.39 is 11.5 Å². The third kappa shape index (κ3) is 2.46. The van der Waals surface area contributed by atoms with Gasteiger partial charge >= 0.3 is 0 Å². The van der Waals surface area contributed by atoms with Crippen molar-refractivity contribution in [2.24, 2.45) is 0 Å². The molecule has 0 saturated carbocycles. The minimum Gasteiger partial charge on any atom is -0.298 e. The molecule has 2 aromatic rings. The van der Waals surface area contributed by atoms with Gasteiger partial charge in [-0.1, -0.05) is 34.8 Å². The van der Waals surface area contributed by atoms with Crippen molar-refractivity contribution in [1.29, 1.82) is 0 Å². The van der Waals surface area contributed by atoms with E-state index in [0.717, 1.165) is 0 Å². The van der Waals surface area contributed by atoms with E-state index in [1.165, 1.54) is 24.3 Å². The first-order valence-corrected chi connectivity index (χ1v) is 5.66. The standard InChI is InChI=1S/C11H5Cl3FNO/c12-7-4-9(14)8(13)3-6(7)5-1-2-10(17)16-11(5)15/h1-4H,(H,16,17). The highest BCUT2D eigenvalue weighted by molar-refractivity contribution is 6.44. The molecule has 0 amide bonds. The molecule has 0 aliphatic rings. The molecule has 0 saturated heterocycles. The molecule has 1 aromatic heterocycles. The molecule has 0 aliphatic carbocycles. The number of aromatic amines is 1. The Morgan fingerprint density at radius 3 is 2.24 bits per heavy atom. The second-order valence-corrected chi connectivity index (χ2v) is 4.52. The molecule has 88 valence electrons. The molecule has 0 fully saturated rings. The maximum Gasteiger partial charge on any atom is 0.250 e. The van der Waals surface area contributed by atoms with E-state index in [0.29, 0.717) is 5.56 Å². The lowest BCUT2D eigenvalue weighted by Gasteiger charge is -2.07. The summed E-state index contributed by atoms with van der Waals surface area (Å²) in [5.41, 5.74) is 0.00502. The molecule has 0 atom stereocenters. The van der Waals surface area contributed by atoms with Crippen LogP contribution in [0.25, 0.3) is 11.1 Å². The van der Waals surface area contributed by atoms with Crippen LogP contribution >= 0.6 is 34.8 Å². The fraction of sp³-hybridized carbons (Fsp3) is 0. The summed E-state index contributed by atoms with van der Waals surface area (Å²) >= 11 is 17.6. The first-order chi connectivity index (χ1) is 7.99. The number of rotatable bonds is 1. The highest BCUT2D eigenvalue weighted by Gasteiger charge is 2.12. The van der Waals surface area contributed by atoms with Crippen LogP contribution in [0.3, 0.4) is 0 Å². The average Bonchev–Trinajstić information content (AvgIpc) is 2.24. The first kappa shape index (κ1) is 12.4. The van der Waals surface area contributed by atoms with Gasteiger partial charge < -0.3 is 0 Å². The molecule has 1 heterocycles. The number of nitrogens with one attached hydrogen (secondary N) is 1. The van der Waals surface area contributed by atoms with E-state index in [1.54, 1.807) is 0 Å². The Balaban J connectivity index is 2.68. The second kappa shape index (κ2) is 4.69. The molecule has 0 radical (unpaired) electrons. The Morgan fingerprint density at radius 1 is 0.941 bits per heavy atom. The third-order valence-corrected chi connectivity index (χ3v) is 3.21.